The molecule has 0 radical (unpaired) electrons. The van der Waals surface area contributed by atoms with Crippen molar-refractivity contribution in [2.75, 3.05) is 25.0 Å². The number of nitrogens with one attached hydrogen (secondary N) is 1. The van der Waals surface area contributed by atoms with Gasteiger partial charge in [0.25, 0.3) is 11.8 Å². The van der Waals surface area contributed by atoms with E-state index in [-0.39, 0.29) is 17.9 Å². The first-order valence-corrected chi connectivity index (χ1v) is 9.63. The van der Waals surface area contributed by atoms with Gasteiger partial charge in [-0.3, -0.25) is 9.59 Å². The quantitative estimate of drug-likeness (QED) is 0.733. The molecule has 0 aliphatic carbocycles. The van der Waals surface area contributed by atoms with Crippen molar-refractivity contribution in [2.24, 2.45) is 0 Å². The van der Waals surface area contributed by atoms with Crippen LogP contribution in [0, 0.1) is 0 Å². The summed E-state index contributed by atoms with van der Waals surface area (Å²) < 4.78 is 5.84. The summed E-state index contributed by atoms with van der Waals surface area (Å²) in [4.78, 5) is 27.0. The summed E-state index contributed by atoms with van der Waals surface area (Å²) in [6, 6.07) is 26.0. The van der Waals surface area contributed by atoms with Gasteiger partial charge in [0.2, 0.25) is 0 Å². The molecule has 29 heavy (non-hydrogen) atoms. The molecule has 4 rings (SSSR count). The van der Waals surface area contributed by atoms with E-state index in [4.69, 9.17) is 4.74 Å². The molecule has 1 aliphatic rings. The van der Waals surface area contributed by atoms with E-state index in [1.807, 2.05) is 53.4 Å². The number of benzene rings is 3. The van der Waals surface area contributed by atoms with Crippen LogP contribution in [0.1, 0.15) is 32.4 Å². The second-order valence-electron chi connectivity index (χ2n) is 6.92. The molecule has 1 unspecified atom stereocenters. The van der Waals surface area contributed by atoms with Gasteiger partial charge < -0.3 is 15.0 Å². The number of ether oxygens (including phenoxy) is 1. The zero-order valence-corrected chi connectivity index (χ0v) is 16.0. The van der Waals surface area contributed by atoms with E-state index in [1.165, 1.54) is 0 Å². The summed E-state index contributed by atoms with van der Waals surface area (Å²) in [5, 5.41) is 2.85. The minimum atomic E-state index is -0.177. The molecule has 1 saturated heterocycles. The van der Waals surface area contributed by atoms with Crippen LogP contribution in [0.3, 0.4) is 0 Å². The summed E-state index contributed by atoms with van der Waals surface area (Å²) in [5.41, 5.74) is 2.91. The minimum Gasteiger partial charge on any atom is -0.370 e. The fourth-order valence-corrected chi connectivity index (χ4v) is 3.37. The summed E-state index contributed by atoms with van der Waals surface area (Å²) in [6.07, 6.45) is -0.113. The Labute approximate surface area is 169 Å². The number of anilines is 1. The SMILES string of the molecule is O=C(Nc1ccc(C(=O)N2CCOC(c3ccccc3)C2)cc1)c1ccccc1. The van der Waals surface area contributed by atoms with E-state index in [9.17, 15) is 9.59 Å². The Kier molecular flexibility index (Phi) is 5.68. The molecule has 1 atom stereocenters. The number of hydrogen-bond acceptors (Lipinski definition) is 3. The second-order valence-corrected chi connectivity index (χ2v) is 6.92. The largest absolute Gasteiger partial charge is 0.370 e. The van der Waals surface area contributed by atoms with Crippen molar-refractivity contribution in [1.82, 2.24) is 4.90 Å². The normalized spacial score (nSPS) is 16.3. The molecule has 0 bridgehead atoms. The van der Waals surface area contributed by atoms with E-state index in [2.05, 4.69) is 5.32 Å². The van der Waals surface area contributed by atoms with Gasteiger partial charge in [-0.1, -0.05) is 48.5 Å². The van der Waals surface area contributed by atoms with Crippen molar-refractivity contribution in [3.63, 3.8) is 0 Å². The number of carbonyl (C=O) groups excluding carboxylic acids is 2. The van der Waals surface area contributed by atoms with Crippen molar-refractivity contribution in [1.29, 1.82) is 0 Å². The Morgan fingerprint density at radius 3 is 2.17 bits per heavy atom. The second kappa shape index (κ2) is 8.71. The van der Waals surface area contributed by atoms with Gasteiger partial charge in [0.1, 0.15) is 6.10 Å². The molecule has 5 heteroatoms. The van der Waals surface area contributed by atoms with Crippen LogP contribution in [0.4, 0.5) is 5.69 Å². The number of morpholine rings is 1. The summed E-state index contributed by atoms with van der Waals surface area (Å²) >= 11 is 0. The summed E-state index contributed by atoms with van der Waals surface area (Å²) in [7, 11) is 0. The Bertz CT molecular complexity index is 972. The Morgan fingerprint density at radius 1 is 0.828 bits per heavy atom. The van der Waals surface area contributed by atoms with Gasteiger partial charge in [-0.05, 0) is 42.0 Å². The lowest BCUT2D eigenvalue weighted by Gasteiger charge is -2.33. The fraction of sp³-hybridized carbons (Fsp3) is 0.167. The third-order valence-corrected chi connectivity index (χ3v) is 4.95. The molecule has 5 nitrogen and oxygen atoms in total. The number of amides is 2. The number of nitrogens with zero attached hydrogens (tertiary/aromatic N) is 1. The molecule has 1 aliphatic heterocycles. The van der Waals surface area contributed by atoms with E-state index >= 15 is 0 Å². The van der Waals surface area contributed by atoms with Crippen molar-refractivity contribution in [2.45, 2.75) is 6.10 Å². The van der Waals surface area contributed by atoms with E-state index in [1.54, 1.807) is 36.4 Å². The van der Waals surface area contributed by atoms with Gasteiger partial charge in [-0.2, -0.15) is 0 Å². The van der Waals surface area contributed by atoms with Crippen molar-refractivity contribution in [3.05, 3.63) is 102 Å². The molecule has 2 amide bonds. The monoisotopic (exact) mass is 386 g/mol. The molecule has 3 aromatic rings. The predicted molar refractivity (Wildman–Crippen MR) is 112 cm³/mol. The lowest BCUT2D eigenvalue weighted by Crippen LogP contribution is -2.42. The molecular formula is C24H22N2O3. The Balaban J connectivity index is 1.40. The van der Waals surface area contributed by atoms with Gasteiger partial charge in [-0.15, -0.1) is 0 Å². The minimum absolute atomic E-state index is 0.0323. The number of carbonyl (C=O) groups is 2. The molecule has 3 aromatic carbocycles. The van der Waals surface area contributed by atoms with Crippen LogP contribution in [-0.2, 0) is 4.74 Å². The smallest absolute Gasteiger partial charge is 0.255 e. The Hall–Kier alpha value is -3.44. The average Bonchev–Trinajstić information content (AvgIpc) is 2.80. The number of hydrogen-bond donors (Lipinski definition) is 1. The van der Waals surface area contributed by atoms with Crippen LogP contribution in [-0.4, -0.2) is 36.4 Å². The zero-order valence-electron chi connectivity index (χ0n) is 16.0. The molecule has 0 spiro atoms. The summed E-state index contributed by atoms with van der Waals surface area (Å²) in [6.45, 7) is 1.60. The predicted octanol–water partition coefficient (Wildman–Crippen LogP) is 4.15. The van der Waals surface area contributed by atoms with Gasteiger partial charge in [-0.25, -0.2) is 0 Å². The molecule has 0 aromatic heterocycles. The first-order chi connectivity index (χ1) is 14.2. The molecular weight excluding hydrogens is 364 g/mol. The van der Waals surface area contributed by atoms with Crippen molar-refractivity contribution in [3.8, 4) is 0 Å². The van der Waals surface area contributed by atoms with Crippen LogP contribution in [0.25, 0.3) is 0 Å². The number of rotatable bonds is 4. The van der Waals surface area contributed by atoms with E-state index in [0.717, 1.165) is 5.56 Å². The Morgan fingerprint density at radius 2 is 1.48 bits per heavy atom. The van der Waals surface area contributed by atoms with Crippen LogP contribution >= 0.6 is 0 Å². The first-order valence-electron chi connectivity index (χ1n) is 9.63. The van der Waals surface area contributed by atoms with E-state index in [0.29, 0.717) is 36.5 Å². The van der Waals surface area contributed by atoms with Gasteiger partial charge >= 0.3 is 0 Å². The molecule has 1 N–H and O–H groups in total. The maximum Gasteiger partial charge on any atom is 0.255 e. The molecule has 146 valence electrons. The van der Waals surface area contributed by atoms with Crippen molar-refractivity contribution < 1.29 is 14.3 Å². The maximum atomic E-state index is 12.9. The average molecular weight is 386 g/mol. The highest BCUT2D eigenvalue weighted by molar-refractivity contribution is 6.04. The highest BCUT2D eigenvalue weighted by Crippen LogP contribution is 2.23. The fourth-order valence-electron chi connectivity index (χ4n) is 3.37. The first kappa shape index (κ1) is 18.9. The third kappa shape index (κ3) is 4.52. The topological polar surface area (TPSA) is 58.6 Å². The zero-order chi connectivity index (χ0) is 20.1. The van der Waals surface area contributed by atoms with Crippen LogP contribution in [0.2, 0.25) is 0 Å². The highest BCUT2D eigenvalue weighted by atomic mass is 16.5. The lowest BCUT2D eigenvalue weighted by atomic mass is 10.1. The molecule has 0 saturated carbocycles. The van der Waals surface area contributed by atoms with Crippen LogP contribution in [0.15, 0.2) is 84.9 Å². The van der Waals surface area contributed by atoms with Crippen LogP contribution in [0.5, 0.6) is 0 Å². The third-order valence-electron chi connectivity index (χ3n) is 4.95. The molecule has 1 fully saturated rings. The van der Waals surface area contributed by atoms with Gasteiger partial charge in [0.05, 0.1) is 13.2 Å². The van der Waals surface area contributed by atoms with Crippen molar-refractivity contribution >= 4 is 17.5 Å². The van der Waals surface area contributed by atoms with E-state index < -0.39 is 0 Å². The van der Waals surface area contributed by atoms with Gasteiger partial charge in [0.15, 0.2) is 0 Å². The lowest BCUT2D eigenvalue weighted by molar-refractivity contribution is -0.0228. The van der Waals surface area contributed by atoms with Gasteiger partial charge in [0, 0.05) is 23.4 Å². The maximum absolute atomic E-state index is 12.9. The standard InChI is InChI=1S/C24H22N2O3/c27-23(19-9-5-2-6-10-19)25-21-13-11-20(12-14-21)24(28)26-15-16-29-22(17-26)18-7-3-1-4-8-18/h1-14,22H,15-17H2,(H,25,27). The summed E-state index contributed by atoms with van der Waals surface area (Å²) in [5.74, 6) is -0.210. The van der Waals surface area contributed by atoms with Crippen LogP contribution < -0.4 is 5.32 Å². The highest BCUT2D eigenvalue weighted by Gasteiger charge is 2.26. The molecule has 1 heterocycles.